The summed E-state index contributed by atoms with van der Waals surface area (Å²) in [6.07, 6.45) is 0.622. The van der Waals surface area contributed by atoms with Gasteiger partial charge >= 0.3 is 0 Å². The number of carbonyl (C=O) groups is 1. The van der Waals surface area contributed by atoms with Gasteiger partial charge in [0.1, 0.15) is 5.54 Å². The highest BCUT2D eigenvalue weighted by Gasteiger charge is 2.62. The minimum Gasteiger partial charge on any atom is -0.378 e. The van der Waals surface area contributed by atoms with E-state index in [9.17, 15) is 4.79 Å². The normalized spacial score (nSPS) is 27.3. The fourth-order valence-electron chi connectivity index (χ4n) is 3.33. The molecule has 4 unspecified atom stereocenters. The SMILES string of the molecule is CCOC1CC(N)(C(=O)NC(C)C(C)c2ccccc2)C1(C)C.Cl. The quantitative estimate of drug-likeness (QED) is 0.824. The Bertz CT molecular complexity index is 550. The highest BCUT2D eigenvalue weighted by molar-refractivity contribution is 5.89. The summed E-state index contributed by atoms with van der Waals surface area (Å²) in [5.74, 6) is 0.156. The van der Waals surface area contributed by atoms with Gasteiger partial charge in [-0.15, -0.1) is 12.4 Å². The monoisotopic (exact) mass is 354 g/mol. The minimum absolute atomic E-state index is 0. The van der Waals surface area contributed by atoms with E-state index >= 15 is 0 Å². The summed E-state index contributed by atoms with van der Waals surface area (Å²) < 4.78 is 5.70. The molecule has 1 aliphatic carbocycles. The van der Waals surface area contributed by atoms with Crippen LogP contribution in [0.25, 0.3) is 0 Å². The average molecular weight is 355 g/mol. The van der Waals surface area contributed by atoms with E-state index in [0.29, 0.717) is 13.0 Å². The summed E-state index contributed by atoms with van der Waals surface area (Å²) >= 11 is 0. The molecule has 1 fully saturated rings. The molecule has 1 aliphatic rings. The Labute approximate surface area is 151 Å². The summed E-state index contributed by atoms with van der Waals surface area (Å²) in [5.41, 5.74) is 6.43. The lowest BCUT2D eigenvalue weighted by Crippen LogP contribution is -2.76. The number of benzene rings is 1. The molecule has 1 amide bonds. The van der Waals surface area contributed by atoms with Crippen molar-refractivity contribution in [1.82, 2.24) is 5.32 Å². The van der Waals surface area contributed by atoms with Crippen LogP contribution in [0.2, 0.25) is 0 Å². The van der Waals surface area contributed by atoms with Crippen LogP contribution in [-0.2, 0) is 9.53 Å². The van der Waals surface area contributed by atoms with E-state index in [1.165, 1.54) is 5.56 Å². The van der Waals surface area contributed by atoms with Crippen LogP contribution in [0.15, 0.2) is 30.3 Å². The highest BCUT2D eigenvalue weighted by atomic mass is 35.5. The van der Waals surface area contributed by atoms with E-state index in [1.807, 2.05) is 45.9 Å². The van der Waals surface area contributed by atoms with E-state index in [4.69, 9.17) is 10.5 Å². The Morgan fingerprint density at radius 1 is 1.33 bits per heavy atom. The largest absolute Gasteiger partial charge is 0.378 e. The maximum absolute atomic E-state index is 12.8. The first-order valence-corrected chi connectivity index (χ1v) is 8.50. The van der Waals surface area contributed by atoms with Gasteiger partial charge in [0.05, 0.1) is 6.10 Å². The molecule has 1 aromatic rings. The van der Waals surface area contributed by atoms with Gasteiger partial charge < -0.3 is 15.8 Å². The zero-order valence-electron chi connectivity index (χ0n) is 15.3. The molecule has 2 rings (SSSR count). The van der Waals surface area contributed by atoms with Gasteiger partial charge in [0.2, 0.25) is 5.91 Å². The fourth-order valence-corrected chi connectivity index (χ4v) is 3.33. The van der Waals surface area contributed by atoms with E-state index in [0.717, 1.165) is 0 Å². The Morgan fingerprint density at radius 2 is 1.92 bits per heavy atom. The lowest BCUT2D eigenvalue weighted by atomic mass is 9.54. The topological polar surface area (TPSA) is 64.3 Å². The predicted octanol–water partition coefficient (Wildman–Crippen LogP) is 3.25. The number of hydrogen-bond acceptors (Lipinski definition) is 3. The number of nitrogens with one attached hydrogen (secondary N) is 1. The van der Waals surface area contributed by atoms with Gasteiger partial charge in [-0.05, 0) is 19.4 Å². The summed E-state index contributed by atoms with van der Waals surface area (Å²) in [7, 11) is 0. The molecule has 0 aromatic heterocycles. The third-order valence-corrected chi connectivity index (χ3v) is 5.67. The molecule has 0 aliphatic heterocycles. The molecule has 0 saturated heterocycles. The molecule has 4 atom stereocenters. The molecule has 136 valence electrons. The molecule has 4 nitrogen and oxygen atoms in total. The number of carbonyl (C=O) groups excluding carboxylic acids is 1. The Kier molecular flexibility index (Phi) is 6.85. The zero-order chi connectivity index (χ0) is 17.3. The predicted molar refractivity (Wildman–Crippen MR) is 100 cm³/mol. The third-order valence-electron chi connectivity index (χ3n) is 5.67. The molecule has 0 radical (unpaired) electrons. The second-order valence-corrected chi connectivity index (χ2v) is 7.30. The molecule has 3 N–H and O–H groups in total. The van der Waals surface area contributed by atoms with Gasteiger partial charge in [-0.1, -0.05) is 51.1 Å². The summed E-state index contributed by atoms with van der Waals surface area (Å²) in [4.78, 5) is 12.8. The van der Waals surface area contributed by atoms with Crippen molar-refractivity contribution in [2.24, 2.45) is 11.1 Å². The van der Waals surface area contributed by atoms with Crippen LogP contribution in [0.5, 0.6) is 0 Å². The van der Waals surface area contributed by atoms with Crippen LogP contribution in [-0.4, -0.2) is 30.2 Å². The number of ether oxygens (including phenoxy) is 1. The minimum atomic E-state index is -0.864. The standard InChI is InChI=1S/C19H30N2O2.ClH/c1-6-23-16-12-19(20,18(16,4)5)17(22)21-14(3)13(2)15-10-8-7-9-11-15;/h7-11,13-14,16H,6,12,20H2,1-5H3,(H,21,22);1H. The number of nitrogens with two attached hydrogens (primary N) is 1. The molecule has 1 aromatic carbocycles. The van der Waals surface area contributed by atoms with Gasteiger partial charge in [0, 0.05) is 30.4 Å². The Hall–Kier alpha value is -1.10. The first kappa shape index (κ1) is 20.9. The van der Waals surface area contributed by atoms with Crippen LogP contribution in [0.3, 0.4) is 0 Å². The van der Waals surface area contributed by atoms with Crippen molar-refractivity contribution >= 4 is 18.3 Å². The van der Waals surface area contributed by atoms with Gasteiger partial charge in [-0.25, -0.2) is 0 Å². The maximum atomic E-state index is 12.8. The molecule has 0 heterocycles. The Morgan fingerprint density at radius 3 is 2.42 bits per heavy atom. The van der Waals surface area contributed by atoms with Crippen molar-refractivity contribution in [3.63, 3.8) is 0 Å². The summed E-state index contributed by atoms with van der Waals surface area (Å²) in [6, 6.07) is 10.2. The van der Waals surface area contributed by atoms with Gasteiger partial charge in [-0.3, -0.25) is 4.79 Å². The molecular weight excluding hydrogens is 324 g/mol. The summed E-state index contributed by atoms with van der Waals surface area (Å²) in [5, 5.41) is 3.12. The van der Waals surface area contributed by atoms with Crippen LogP contribution >= 0.6 is 12.4 Å². The molecule has 0 bridgehead atoms. The maximum Gasteiger partial charge on any atom is 0.241 e. The smallest absolute Gasteiger partial charge is 0.241 e. The van der Waals surface area contributed by atoms with Gasteiger partial charge in [0.15, 0.2) is 0 Å². The molecule has 24 heavy (non-hydrogen) atoms. The van der Waals surface area contributed by atoms with E-state index in [-0.39, 0.29) is 41.8 Å². The van der Waals surface area contributed by atoms with Crippen molar-refractivity contribution in [3.8, 4) is 0 Å². The number of rotatable bonds is 6. The van der Waals surface area contributed by atoms with Crippen LogP contribution in [0.1, 0.15) is 52.5 Å². The molecule has 5 heteroatoms. The van der Waals surface area contributed by atoms with E-state index < -0.39 is 5.54 Å². The first-order valence-electron chi connectivity index (χ1n) is 8.50. The lowest BCUT2D eigenvalue weighted by Gasteiger charge is -2.57. The number of halogens is 1. The van der Waals surface area contributed by atoms with Gasteiger partial charge in [0.25, 0.3) is 0 Å². The number of amides is 1. The van der Waals surface area contributed by atoms with Gasteiger partial charge in [-0.2, -0.15) is 0 Å². The highest BCUT2D eigenvalue weighted by Crippen LogP contribution is 2.49. The van der Waals surface area contributed by atoms with Crippen molar-refractivity contribution < 1.29 is 9.53 Å². The van der Waals surface area contributed by atoms with Crippen molar-refractivity contribution in [1.29, 1.82) is 0 Å². The van der Waals surface area contributed by atoms with Crippen molar-refractivity contribution in [2.75, 3.05) is 6.61 Å². The third kappa shape index (κ3) is 3.61. The van der Waals surface area contributed by atoms with Crippen LogP contribution < -0.4 is 11.1 Å². The molecule has 1 saturated carbocycles. The Balaban J connectivity index is 0.00000288. The first-order chi connectivity index (χ1) is 10.7. The fraction of sp³-hybridized carbons (Fsp3) is 0.632. The van der Waals surface area contributed by atoms with Crippen LogP contribution in [0.4, 0.5) is 0 Å². The lowest BCUT2D eigenvalue weighted by molar-refractivity contribution is -0.171. The second-order valence-electron chi connectivity index (χ2n) is 7.30. The van der Waals surface area contributed by atoms with Crippen molar-refractivity contribution in [3.05, 3.63) is 35.9 Å². The zero-order valence-corrected chi connectivity index (χ0v) is 16.2. The second kappa shape index (κ2) is 7.85. The van der Waals surface area contributed by atoms with Crippen LogP contribution in [0, 0.1) is 5.41 Å². The summed E-state index contributed by atoms with van der Waals surface area (Å²) in [6.45, 7) is 10.8. The number of hydrogen-bond donors (Lipinski definition) is 2. The van der Waals surface area contributed by atoms with Crippen molar-refractivity contribution in [2.45, 2.75) is 64.6 Å². The molecular formula is C19H31ClN2O2. The molecule has 0 spiro atoms. The average Bonchev–Trinajstić information content (AvgIpc) is 2.54. The van der Waals surface area contributed by atoms with E-state index in [2.05, 4.69) is 24.4 Å². The van der Waals surface area contributed by atoms with E-state index in [1.54, 1.807) is 0 Å².